The van der Waals surface area contributed by atoms with Crippen LogP contribution in [0.4, 0.5) is 5.13 Å². The molecule has 2 unspecified atom stereocenters. The molecule has 2 fully saturated rings. The Kier molecular flexibility index (Phi) is 10.9. The van der Waals surface area contributed by atoms with E-state index in [-0.39, 0.29) is 23.2 Å². The SMILES string of the molecule is COc1ccc(C)c2sc(N(CCCN3CCOCC3)C(=O)c3ccc(S(=O)(=O)N4CC(C)CC(C)C4)cc3)nc12.Cl. The Hall–Kier alpha value is -2.28. The van der Waals surface area contributed by atoms with Gasteiger partial charge in [-0.05, 0) is 67.5 Å². The first kappa shape index (κ1) is 32.6. The van der Waals surface area contributed by atoms with Gasteiger partial charge in [0, 0.05) is 44.8 Å². The van der Waals surface area contributed by atoms with Crippen LogP contribution in [0.25, 0.3) is 10.2 Å². The van der Waals surface area contributed by atoms with Crippen molar-refractivity contribution in [3.05, 3.63) is 47.5 Å². The van der Waals surface area contributed by atoms with E-state index in [1.165, 1.54) is 11.3 Å². The lowest BCUT2D eigenvalue weighted by atomic mass is 9.94. The second kappa shape index (κ2) is 14.0. The van der Waals surface area contributed by atoms with Crippen molar-refractivity contribution >= 4 is 55.0 Å². The van der Waals surface area contributed by atoms with Gasteiger partial charge < -0.3 is 9.47 Å². The molecule has 0 saturated carbocycles. The van der Waals surface area contributed by atoms with E-state index < -0.39 is 10.0 Å². The number of aryl methyl sites for hydroxylation is 1. The van der Waals surface area contributed by atoms with Crippen LogP contribution in [0.2, 0.25) is 0 Å². The number of amides is 1. The molecule has 230 valence electrons. The smallest absolute Gasteiger partial charge is 0.260 e. The van der Waals surface area contributed by atoms with Crippen LogP contribution in [0.1, 0.15) is 42.6 Å². The molecule has 2 aliphatic heterocycles. The number of thiazole rings is 1. The molecule has 2 atom stereocenters. The van der Waals surface area contributed by atoms with Crippen LogP contribution in [0.5, 0.6) is 5.75 Å². The third kappa shape index (κ3) is 7.09. The lowest BCUT2D eigenvalue weighted by molar-refractivity contribution is 0.0376. The summed E-state index contributed by atoms with van der Waals surface area (Å²) in [5, 5.41) is 0.604. The molecular weight excluding hydrogens is 596 g/mol. The summed E-state index contributed by atoms with van der Waals surface area (Å²) < 4.78 is 40.4. The average molecular weight is 637 g/mol. The minimum absolute atomic E-state index is 0. The van der Waals surface area contributed by atoms with Crippen molar-refractivity contribution in [1.82, 2.24) is 14.2 Å². The summed E-state index contributed by atoms with van der Waals surface area (Å²) in [6.07, 6.45) is 1.80. The number of morpholine rings is 1. The number of benzene rings is 2. The van der Waals surface area contributed by atoms with E-state index in [9.17, 15) is 13.2 Å². The van der Waals surface area contributed by atoms with Crippen LogP contribution in [0, 0.1) is 18.8 Å². The van der Waals surface area contributed by atoms with Crippen molar-refractivity contribution in [2.45, 2.75) is 38.5 Å². The Balaban J connectivity index is 0.00000405. The van der Waals surface area contributed by atoms with E-state index in [2.05, 4.69) is 18.7 Å². The van der Waals surface area contributed by atoms with Crippen LogP contribution in [0.3, 0.4) is 0 Å². The number of nitrogens with zero attached hydrogens (tertiary/aromatic N) is 4. The van der Waals surface area contributed by atoms with Crippen molar-refractivity contribution < 1.29 is 22.7 Å². The van der Waals surface area contributed by atoms with Gasteiger partial charge in [-0.3, -0.25) is 14.6 Å². The molecule has 2 aliphatic rings. The quantitative estimate of drug-likeness (QED) is 0.324. The van der Waals surface area contributed by atoms with Gasteiger partial charge in [-0.25, -0.2) is 13.4 Å². The standard InChI is InChI=1S/C30H40N4O5S2.ClH/c1-21-18-22(2)20-33(19-21)41(36,37)25-9-7-24(8-10-25)29(35)34(13-5-12-32-14-16-39-17-15-32)30-31-27-26(38-4)11-6-23(3)28(27)40-30;/h6-11,21-22H,5,12-20H2,1-4H3;1H. The minimum Gasteiger partial charge on any atom is -0.494 e. The monoisotopic (exact) mass is 636 g/mol. The van der Waals surface area contributed by atoms with Gasteiger partial charge in [0.25, 0.3) is 5.91 Å². The van der Waals surface area contributed by atoms with Gasteiger partial charge in [0.15, 0.2) is 5.13 Å². The molecule has 3 heterocycles. The largest absolute Gasteiger partial charge is 0.494 e. The van der Waals surface area contributed by atoms with Crippen molar-refractivity contribution in [3.63, 3.8) is 0 Å². The fourth-order valence-electron chi connectivity index (χ4n) is 5.82. The van der Waals surface area contributed by atoms with Crippen molar-refractivity contribution in [2.75, 3.05) is 64.5 Å². The van der Waals surface area contributed by atoms with E-state index in [1.807, 2.05) is 19.1 Å². The summed E-state index contributed by atoms with van der Waals surface area (Å²) >= 11 is 1.47. The van der Waals surface area contributed by atoms with Gasteiger partial charge in [-0.1, -0.05) is 31.3 Å². The first-order valence-corrected chi connectivity index (χ1v) is 16.6. The number of carbonyl (C=O) groups is 1. The Morgan fingerprint density at radius 1 is 1.10 bits per heavy atom. The highest BCUT2D eigenvalue weighted by atomic mass is 35.5. The molecule has 3 aromatic rings. The minimum atomic E-state index is -3.63. The third-order valence-corrected chi connectivity index (χ3v) is 11.0. The van der Waals surface area contributed by atoms with E-state index >= 15 is 0 Å². The summed E-state index contributed by atoms with van der Waals surface area (Å²) in [5.41, 5.74) is 2.24. The molecule has 0 bridgehead atoms. The maximum atomic E-state index is 14.0. The van der Waals surface area contributed by atoms with Gasteiger partial charge in [0.05, 0.1) is 29.9 Å². The first-order valence-electron chi connectivity index (χ1n) is 14.3. The van der Waals surface area contributed by atoms with Crippen LogP contribution in [0.15, 0.2) is 41.3 Å². The highest BCUT2D eigenvalue weighted by Gasteiger charge is 2.32. The highest BCUT2D eigenvalue weighted by molar-refractivity contribution is 7.89. The maximum Gasteiger partial charge on any atom is 0.260 e. The molecule has 0 radical (unpaired) electrons. The number of sulfonamides is 1. The fraction of sp³-hybridized carbons (Fsp3) is 0.533. The number of hydrogen-bond donors (Lipinski definition) is 0. The molecule has 12 heteroatoms. The molecule has 2 saturated heterocycles. The normalized spacial score (nSPS) is 20.3. The number of aromatic nitrogens is 1. The van der Waals surface area contributed by atoms with E-state index in [1.54, 1.807) is 40.6 Å². The van der Waals surface area contributed by atoms with Crippen molar-refractivity contribution in [3.8, 4) is 5.75 Å². The number of hydrogen-bond acceptors (Lipinski definition) is 8. The zero-order valence-electron chi connectivity index (χ0n) is 24.7. The summed E-state index contributed by atoms with van der Waals surface area (Å²) in [6, 6.07) is 10.3. The molecule has 0 aliphatic carbocycles. The predicted molar refractivity (Wildman–Crippen MR) is 170 cm³/mol. The Morgan fingerprint density at radius 2 is 1.76 bits per heavy atom. The molecule has 1 amide bonds. The Labute approximate surface area is 259 Å². The molecule has 5 rings (SSSR count). The zero-order valence-corrected chi connectivity index (χ0v) is 27.2. The third-order valence-electron chi connectivity index (χ3n) is 7.92. The zero-order chi connectivity index (χ0) is 29.1. The number of carbonyl (C=O) groups excluding carboxylic acids is 1. The number of halogens is 1. The van der Waals surface area contributed by atoms with Crippen LogP contribution >= 0.6 is 23.7 Å². The van der Waals surface area contributed by atoms with E-state index in [0.717, 1.165) is 61.5 Å². The number of piperidine rings is 1. The molecule has 9 nitrogen and oxygen atoms in total. The number of fused-ring (bicyclic) bond motifs is 1. The van der Waals surface area contributed by atoms with Gasteiger partial charge in [-0.2, -0.15) is 4.31 Å². The maximum absolute atomic E-state index is 14.0. The molecule has 2 aromatic carbocycles. The second-order valence-electron chi connectivity index (χ2n) is 11.3. The summed E-state index contributed by atoms with van der Waals surface area (Å²) in [7, 11) is -2.01. The molecule has 0 spiro atoms. The van der Waals surface area contributed by atoms with Gasteiger partial charge in [0.1, 0.15) is 11.3 Å². The lowest BCUT2D eigenvalue weighted by Gasteiger charge is -2.34. The summed E-state index contributed by atoms with van der Waals surface area (Å²) in [6.45, 7) is 11.8. The molecular formula is C30H41ClN4O5S2. The number of methoxy groups -OCH3 is 1. The first-order chi connectivity index (χ1) is 19.7. The second-order valence-corrected chi connectivity index (χ2v) is 14.2. The molecule has 0 N–H and O–H groups in total. The van der Waals surface area contributed by atoms with Gasteiger partial charge in [-0.15, -0.1) is 12.4 Å². The van der Waals surface area contributed by atoms with Crippen molar-refractivity contribution in [2.24, 2.45) is 11.8 Å². The lowest BCUT2D eigenvalue weighted by Crippen LogP contribution is -2.42. The van der Waals surface area contributed by atoms with Crippen LogP contribution in [-0.2, 0) is 14.8 Å². The van der Waals surface area contributed by atoms with Crippen LogP contribution < -0.4 is 9.64 Å². The fourth-order valence-corrected chi connectivity index (χ4v) is 8.57. The van der Waals surface area contributed by atoms with E-state index in [0.29, 0.717) is 47.9 Å². The van der Waals surface area contributed by atoms with Crippen LogP contribution in [-0.4, -0.2) is 88.1 Å². The van der Waals surface area contributed by atoms with E-state index in [4.69, 9.17) is 14.5 Å². The number of ether oxygens (including phenoxy) is 2. The Morgan fingerprint density at radius 3 is 2.40 bits per heavy atom. The highest BCUT2D eigenvalue weighted by Crippen LogP contribution is 2.37. The van der Waals surface area contributed by atoms with Gasteiger partial charge >= 0.3 is 0 Å². The predicted octanol–water partition coefficient (Wildman–Crippen LogP) is 5.07. The topological polar surface area (TPSA) is 92.3 Å². The summed E-state index contributed by atoms with van der Waals surface area (Å²) in [4.78, 5) is 23.1. The van der Waals surface area contributed by atoms with Gasteiger partial charge in [0.2, 0.25) is 10.0 Å². The molecule has 42 heavy (non-hydrogen) atoms. The molecule has 1 aromatic heterocycles. The summed E-state index contributed by atoms with van der Waals surface area (Å²) in [5.74, 6) is 1.10. The number of rotatable bonds is 9. The number of anilines is 1. The van der Waals surface area contributed by atoms with Crippen molar-refractivity contribution in [1.29, 1.82) is 0 Å². The Bertz CT molecular complexity index is 1460. The average Bonchev–Trinajstić information content (AvgIpc) is 3.41.